The van der Waals surface area contributed by atoms with E-state index in [4.69, 9.17) is 0 Å². The maximum Gasteiger partial charge on any atom is 0.138 e. The summed E-state index contributed by atoms with van der Waals surface area (Å²) in [6.07, 6.45) is 7.90. The second-order valence-electron chi connectivity index (χ2n) is 4.90. The van der Waals surface area contributed by atoms with E-state index in [1.54, 1.807) is 6.33 Å². The summed E-state index contributed by atoms with van der Waals surface area (Å²) >= 11 is 0. The Morgan fingerprint density at radius 3 is 2.94 bits per heavy atom. The second kappa shape index (κ2) is 5.43. The van der Waals surface area contributed by atoms with Crippen molar-refractivity contribution < 1.29 is 0 Å². The molecule has 0 spiro atoms. The lowest BCUT2D eigenvalue weighted by atomic mass is 10.2. The van der Waals surface area contributed by atoms with Crippen molar-refractivity contribution in [1.82, 2.24) is 20.1 Å². The molecule has 0 atom stereocenters. The summed E-state index contributed by atoms with van der Waals surface area (Å²) in [4.78, 5) is 4.31. The molecule has 0 aromatic carbocycles. The Bertz CT molecular complexity index is 315. The van der Waals surface area contributed by atoms with Crippen LogP contribution in [0.5, 0.6) is 0 Å². The molecule has 1 saturated carbocycles. The molecule has 1 aromatic heterocycles. The highest BCUT2D eigenvalue weighted by molar-refractivity contribution is 4.86. The minimum atomic E-state index is 0.419. The van der Waals surface area contributed by atoms with E-state index in [1.807, 2.05) is 4.68 Å². The predicted octanol–water partition coefficient (Wildman–Crippen LogP) is 1.93. The predicted molar refractivity (Wildman–Crippen MR) is 64.4 cm³/mol. The molecule has 0 bridgehead atoms. The van der Waals surface area contributed by atoms with Gasteiger partial charge in [0.05, 0.1) is 0 Å². The summed E-state index contributed by atoms with van der Waals surface area (Å²) < 4.78 is 2.02. The molecular formula is C12H22N4. The fourth-order valence-electron chi connectivity index (χ4n) is 1.89. The van der Waals surface area contributed by atoms with Gasteiger partial charge in [-0.3, -0.25) is 0 Å². The molecule has 90 valence electrons. The zero-order valence-corrected chi connectivity index (χ0v) is 10.3. The molecule has 0 unspecified atom stereocenters. The maximum absolute atomic E-state index is 4.31. The van der Waals surface area contributed by atoms with Crippen molar-refractivity contribution >= 4 is 0 Å². The number of hydrogen-bond donors (Lipinski definition) is 1. The first kappa shape index (κ1) is 11.6. The van der Waals surface area contributed by atoms with Gasteiger partial charge in [-0.1, -0.05) is 0 Å². The van der Waals surface area contributed by atoms with Gasteiger partial charge in [0.1, 0.15) is 12.2 Å². The molecule has 1 N–H and O–H groups in total. The second-order valence-corrected chi connectivity index (χ2v) is 4.90. The first-order chi connectivity index (χ1) is 7.77. The zero-order chi connectivity index (χ0) is 11.4. The number of aromatic nitrogens is 3. The first-order valence-corrected chi connectivity index (χ1v) is 6.39. The van der Waals surface area contributed by atoms with Crippen LogP contribution in [0.1, 0.15) is 51.4 Å². The quantitative estimate of drug-likeness (QED) is 0.717. The minimum Gasteiger partial charge on any atom is -0.314 e. The third-order valence-electron chi connectivity index (χ3n) is 2.97. The van der Waals surface area contributed by atoms with E-state index in [0.717, 1.165) is 24.8 Å². The monoisotopic (exact) mass is 222 g/mol. The van der Waals surface area contributed by atoms with Crippen LogP contribution in [0, 0.1) is 0 Å². The van der Waals surface area contributed by atoms with Crippen molar-refractivity contribution in [3.05, 3.63) is 12.2 Å². The number of hydrogen-bond acceptors (Lipinski definition) is 3. The number of nitrogens with zero attached hydrogens (tertiary/aromatic N) is 3. The van der Waals surface area contributed by atoms with Gasteiger partial charge in [0, 0.05) is 18.5 Å². The Kier molecular flexibility index (Phi) is 3.93. The van der Waals surface area contributed by atoms with E-state index >= 15 is 0 Å². The molecule has 1 aliphatic rings. The van der Waals surface area contributed by atoms with Crippen LogP contribution in [0.3, 0.4) is 0 Å². The highest BCUT2D eigenvalue weighted by Crippen LogP contribution is 2.18. The highest BCUT2D eigenvalue weighted by atomic mass is 15.3. The van der Waals surface area contributed by atoms with Crippen LogP contribution in [-0.4, -0.2) is 27.4 Å². The number of aryl methyl sites for hydroxylation is 1. The molecule has 4 heteroatoms. The highest BCUT2D eigenvalue weighted by Gasteiger charge is 2.19. The van der Waals surface area contributed by atoms with Gasteiger partial charge in [-0.25, -0.2) is 9.67 Å². The Morgan fingerprint density at radius 2 is 2.25 bits per heavy atom. The summed E-state index contributed by atoms with van der Waals surface area (Å²) in [6, 6.07) is 1.25. The van der Waals surface area contributed by atoms with E-state index in [1.165, 1.54) is 25.7 Å². The van der Waals surface area contributed by atoms with Gasteiger partial charge < -0.3 is 5.32 Å². The van der Waals surface area contributed by atoms with Crippen LogP contribution in [0.25, 0.3) is 0 Å². The Morgan fingerprint density at radius 1 is 1.44 bits per heavy atom. The lowest BCUT2D eigenvalue weighted by Gasteiger charge is -2.09. The SMILES string of the molecule is CC(C)n1ncnc1CCCCNC1CC1. The van der Waals surface area contributed by atoms with Crippen molar-refractivity contribution in [1.29, 1.82) is 0 Å². The minimum absolute atomic E-state index is 0.419. The van der Waals surface area contributed by atoms with Gasteiger partial charge in [0.25, 0.3) is 0 Å². The summed E-state index contributed by atoms with van der Waals surface area (Å²) in [5, 5.41) is 7.77. The molecule has 2 rings (SSSR count). The van der Waals surface area contributed by atoms with Crippen molar-refractivity contribution in [3.8, 4) is 0 Å². The molecule has 0 saturated heterocycles. The van der Waals surface area contributed by atoms with Crippen molar-refractivity contribution in [2.45, 2.75) is 58.0 Å². The van der Waals surface area contributed by atoms with Gasteiger partial charge in [-0.2, -0.15) is 5.10 Å². The lowest BCUT2D eigenvalue weighted by molar-refractivity contribution is 0.496. The fraction of sp³-hybridized carbons (Fsp3) is 0.833. The molecule has 16 heavy (non-hydrogen) atoms. The third-order valence-corrected chi connectivity index (χ3v) is 2.97. The van der Waals surface area contributed by atoms with Crippen LogP contribution in [0.2, 0.25) is 0 Å². The van der Waals surface area contributed by atoms with E-state index < -0.39 is 0 Å². The fourth-order valence-corrected chi connectivity index (χ4v) is 1.89. The van der Waals surface area contributed by atoms with E-state index in [9.17, 15) is 0 Å². The molecule has 0 amide bonds. The van der Waals surface area contributed by atoms with Gasteiger partial charge in [0.15, 0.2) is 0 Å². The van der Waals surface area contributed by atoms with E-state index in [0.29, 0.717) is 6.04 Å². The van der Waals surface area contributed by atoms with Gasteiger partial charge in [-0.05, 0) is 46.1 Å². The molecule has 1 aliphatic carbocycles. The van der Waals surface area contributed by atoms with Crippen LogP contribution in [0.4, 0.5) is 0 Å². The molecule has 0 aliphatic heterocycles. The van der Waals surface area contributed by atoms with Gasteiger partial charge in [-0.15, -0.1) is 0 Å². The summed E-state index contributed by atoms with van der Waals surface area (Å²) in [5.41, 5.74) is 0. The van der Waals surface area contributed by atoms with Gasteiger partial charge in [0.2, 0.25) is 0 Å². The van der Waals surface area contributed by atoms with Crippen molar-refractivity contribution in [2.75, 3.05) is 6.54 Å². The zero-order valence-electron chi connectivity index (χ0n) is 10.3. The maximum atomic E-state index is 4.31. The number of rotatable bonds is 7. The molecule has 0 radical (unpaired) electrons. The Hall–Kier alpha value is -0.900. The average molecular weight is 222 g/mol. The van der Waals surface area contributed by atoms with E-state index in [2.05, 4.69) is 29.2 Å². The van der Waals surface area contributed by atoms with Crippen LogP contribution < -0.4 is 5.32 Å². The van der Waals surface area contributed by atoms with Crippen molar-refractivity contribution in [2.24, 2.45) is 0 Å². The molecule has 1 heterocycles. The standard InChI is InChI=1S/C12H22N4/c1-10(2)16-12(14-9-15-16)5-3-4-8-13-11-6-7-11/h9-11,13H,3-8H2,1-2H3. The summed E-state index contributed by atoms with van der Waals surface area (Å²) in [6.45, 7) is 5.44. The number of unbranched alkanes of at least 4 members (excludes halogenated alkanes) is 1. The molecular weight excluding hydrogens is 200 g/mol. The Labute approximate surface area is 97.5 Å². The van der Waals surface area contributed by atoms with Crippen LogP contribution in [0.15, 0.2) is 6.33 Å². The first-order valence-electron chi connectivity index (χ1n) is 6.39. The van der Waals surface area contributed by atoms with Crippen LogP contribution in [-0.2, 0) is 6.42 Å². The third kappa shape index (κ3) is 3.30. The van der Waals surface area contributed by atoms with Crippen molar-refractivity contribution in [3.63, 3.8) is 0 Å². The smallest absolute Gasteiger partial charge is 0.138 e. The summed E-state index contributed by atoms with van der Waals surface area (Å²) in [5.74, 6) is 1.13. The van der Waals surface area contributed by atoms with Crippen LogP contribution >= 0.6 is 0 Å². The largest absolute Gasteiger partial charge is 0.314 e. The number of nitrogens with one attached hydrogen (secondary N) is 1. The molecule has 1 aromatic rings. The topological polar surface area (TPSA) is 42.7 Å². The Balaban J connectivity index is 1.65. The normalized spacial score (nSPS) is 15.9. The molecule has 1 fully saturated rings. The summed E-state index contributed by atoms with van der Waals surface area (Å²) in [7, 11) is 0. The van der Waals surface area contributed by atoms with Gasteiger partial charge >= 0.3 is 0 Å². The molecule has 4 nitrogen and oxygen atoms in total. The lowest BCUT2D eigenvalue weighted by Crippen LogP contribution is -2.17. The average Bonchev–Trinajstić information content (AvgIpc) is 2.94. The van der Waals surface area contributed by atoms with E-state index in [-0.39, 0.29) is 0 Å².